The molecule has 2 N–H and O–H groups in total. The molecular weight excluding hydrogens is 392 g/mol. The quantitative estimate of drug-likeness (QED) is 0.449. The molecule has 1 unspecified atom stereocenters. The summed E-state index contributed by atoms with van der Waals surface area (Å²) in [5.74, 6) is -4.66. The van der Waals surface area contributed by atoms with Crippen LogP contribution in [0.5, 0.6) is 0 Å². The minimum Gasteiger partial charge on any atom is -0.481 e. The van der Waals surface area contributed by atoms with Gasteiger partial charge in [0.2, 0.25) is 0 Å². The molecule has 0 aliphatic rings. The van der Waals surface area contributed by atoms with E-state index >= 15 is 0 Å². The highest BCUT2D eigenvalue weighted by Crippen LogP contribution is 2.26. The predicted octanol–water partition coefficient (Wildman–Crippen LogP) is 5.33. The van der Waals surface area contributed by atoms with Crippen LogP contribution < -0.4 is 0 Å². The molecule has 0 fully saturated rings. The third kappa shape index (κ3) is 7.06. The van der Waals surface area contributed by atoms with Crippen LogP contribution >= 0.6 is 0 Å². The van der Waals surface area contributed by atoms with Gasteiger partial charge in [0.1, 0.15) is 5.78 Å². The molecule has 0 bridgehead atoms. The largest absolute Gasteiger partial charge is 0.481 e. The van der Waals surface area contributed by atoms with Crippen molar-refractivity contribution in [2.24, 2.45) is 23.7 Å². The van der Waals surface area contributed by atoms with E-state index in [-0.39, 0.29) is 17.6 Å². The van der Waals surface area contributed by atoms with Crippen molar-refractivity contribution in [3.05, 3.63) is 60.2 Å². The molecule has 2 aromatic carbocycles. The lowest BCUT2D eigenvalue weighted by Gasteiger charge is -2.22. The Morgan fingerprint density at radius 1 is 0.839 bits per heavy atom. The zero-order valence-corrected chi connectivity index (χ0v) is 18.5. The van der Waals surface area contributed by atoms with E-state index < -0.39 is 23.8 Å². The molecule has 166 valence electrons. The summed E-state index contributed by atoms with van der Waals surface area (Å²) in [4.78, 5) is 35.3. The summed E-state index contributed by atoms with van der Waals surface area (Å²) >= 11 is 0. The first-order chi connectivity index (χ1) is 14.7. The van der Waals surface area contributed by atoms with E-state index in [0.29, 0.717) is 19.3 Å². The third-order valence-corrected chi connectivity index (χ3v) is 5.92. The number of rotatable bonds is 12. The van der Waals surface area contributed by atoms with Gasteiger partial charge in [-0.3, -0.25) is 14.4 Å². The SMILES string of the molecule is CCC(Cc1ccc(-c2ccccc2)cc1)C(=O)C[C@H](C)C[C@@H](C)C(C(=O)O)C(=O)O. The molecule has 0 heterocycles. The highest BCUT2D eigenvalue weighted by Gasteiger charge is 2.33. The zero-order chi connectivity index (χ0) is 23.0. The van der Waals surface area contributed by atoms with E-state index in [9.17, 15) is 14.4 Å². The summed E-state index contributed by atoms with van der Waals surface area (Å²) in [6.07, 6.45) is 2.11. The maximum Gasteiger partial charge on any atom is 0.318 e. The summed E-state index contributed by atoms with van der Waals surface area (Å²) in [5.41, 5.74) is 3.40. The minimum atomic E-state index is -1.44. The summed E-state index contributed by atoms with van der Waals surface area (Å²) in [7, 11) is 0. The normalized spacial score (nSPS) is 14.1. The van der Waals surface area contributed by atoms with Gasteiger partial charge in [-0.25, -0.2) is 0 Å². The number of Topliss-reactive ketones (excluding diaryl/α,β-unsaturated/α-hetero) is 1. The van der Waals surface area contributed by atoms with Crippen LogP contribution in [0.3, 0.4) is 0 Å². The number of aliphatic carboxylic acids is 2. The Labute approximate surface area is 184 Å². The average Bonchev–Trinajstić information content (AvgIpc) is 2.72. The van der Waals surface area contributed by atoms with Crippen molar-refractivity contribution in [3.63, 3.8) is 0 Å². The first-order valence-electron chi connectivity index (χ1n) is 10.9. The summed E-state index contributed by atoms with van der Waals surface area (Å²) in [6, 6.07) is 18.4. The van der Waals surface area contributed by atoms with Crippen molar-refractivity contribution in [1.29, 1.82) is 0 Å². The van der Waals surface area contributed by atoms with Gasteiger partial charge >= 0.3 is 11.9 Å². The number of carbonyl (C=O) groups is 3. The number of ketones is 1. The Kier molecular flexibility index (Phi) is 8.98. The number of hydrogen-bond donors (Lipinski definition) is 2. The Hall–Kier alpha value is -2.95. The number of benzene rings is 2. The van der Waals surface area contributed by atoms with Gasteiger partial charge in [0.25, 0.3) is 0 Å². The molecule has 3 atom stereocenters. The lowest BCUT2D eigenvalue weighted by molar-refractivity contribution is -0.157. The molecule has 0 radical (unpaired) electrons. The molecule has 2 rings (SSSR count). The molecule has 0 saturated carbocycles. The second kappa shape index (κ2) is 11.4. The Bertz CT molecular complexity index is 858. The van der Waals surface area contributed by atoms with Gasteiger partial charge in [0, 0.05) is 12.3 Å². The van der Waals surface area contributed by atoms with Crippen LogP contribution in [0.25, 0.3) is 11.1 Å². The smallest absolute Gasteiger partial charge is 0.318 e. The predicted molar refractivity (Wildman–Crippen MR) is 121 cm³/mol. The van der Waals surface area contributed by atoms with E-state index in [1.165, 1.54) is 0 Å². The molecule has 0 aromatic heterocycles. The molecule has 5 nitrogen and oxygen atoms in total. The molecular formula is C26H32O5. The van der Waals surface area contributed by atoms with E-state index in [1.807, 2.05) is 32.0 Å². The molecule has 0 amide bonds. The van der Waals surface area contributed by atoms with Gasteiger partial charge in [0.15, 0.2) is 5.92 Å². The van der Waals surface area contributed by atoms with Gasteiger partial charge in [-0.05, 0) is 47.8 Å². The van der Waals surface area contributed by atoms with Crippen LogP contribution in [0.15, 0.2) is 54.6 Å². The van der Waals surface area contributed by atoms with Gasteiger partial charge in [0.05, 0.1) is 0 Å². The van der Waals surface area contributed by atoms with Crippen molar-refractivity contribution in [3.8, 4) is 11.1 Å². The van der Waals surface area contributed by atoms with Gasteiger partial charge in [-0.2, -0.15) is 0 Å². The first-order valence-corrected chi connectivity index (χ1v) is 10.9. The fourth-order valence-electron chi connectivity index (χ4n) is 4.19. The van der Waals surface area contributed by atoms with Gasteiger partial charge in [-0.1, -0.05) is 75.4 Å². The number of carboxylic acids is 2. The minimum absolute atomic E-state index is 0.0711. The highest BCUT2D eigenvalue weighted by molar-refractivity contribution is 5.93. The lowest BCUT2D eigenvalue weighted by atomic mass is 9.82. The van der Waals surface area contributed by atoms with Crippen molar-refractivity contribution in [1.82, 2.24) is 0 Å². The summed E-state index contributed by atoms with van der Waals surface area (Å²) < 4.78 is 0. The maximum absolute atomic E-state index is 12.9. The molecule has 0 saturated heterocycles. The van der Waals surface area contributed by atoms with Gasteiger partial charge < -0.3 is 10.2 Å². The molecule has 0 spiro atoms. The fraction of sp³-hybridized carbons (Fsp3) is 0.423. The monoisotopic (exact) mass is 424 g/mol. The standard InChI is InChI=1S/C26H32O5/c1-4-20(16-19-10-12-22(13-11-19)21-8-6-5-7-9-21)23(27)15-17(2)14-18(3)24(25(28)29)26(30)31/h5-13,17-18,20,24H,4,14-16H2,1-3H3,(H,28,29)(H,30,31)/t17-,18-,20?/m1/s1. The molecule has 31 heavy (non-hydrogen) atoms. The van der Waals surface area contributed by atoms with Crippen LogP contribution in [0, 0.1) is 23.7 Å². The van der Waals surface area contributed by atoms with Crippen LogP contribution in [0.4, 0.5) is 0 Å². The van der Waals surface area contributed by atoms with Crippen LogP contribution in [0.1, 0.15) is 45.6 Å². The van der Waals surface area contributed by atoms with Crippen LogP contribution in [0.2, 0.25) is 0 Å². The highest BCUT2D eigenvalue weighted by atomic mass is 16.4. The Balaban J connectivity index is 1.95. The van der Waals surface area contributed by atoms with Crippen LogP contribution in [-0.4, -0.2) is 27.9 Å². The molecule has 5 heteroatoms. The second-order valence-corrected chi connectivity index (χ2v) is 8.51. The second-order valence-electron chi connectivity index (χ2n) is 8.51. The first kappa shape index (κ1) is 24.3. The topological polar surface area (TPSA) is 91.7 Å². The fourth-order valence-corrected chi connectivity index (χ4v) is 4.19. The molecule has 0 aliphatic carbocycles. The van der Waals surface area contributed by atoms with Gasteiger partial charge in [-0.15, -0.1) is 0 Å². The summed E-state index contributed by atoms with van der Waals surface area (Å²) in [6.45, 7) is 5.51. The van der Waals surface area contributed by atoms with Crippen molar-refractivity contribution >= 4 is 17.7 Å². The molecule has 2 aromatic rings. The molecule has 0 aliphatic heterocycles. The lowest BCUT2D eigenvalue weighted by Crippen LogP contribution is -2.31. The Morgan fingerprint density at radius 3 is 1.90 bits per heavy atom. The van der Waals surface area contributed by atoms with E-state index in [2.05, 4.69) is 36.4 Å². The zero-order valence-electron chi connectivity index (χ0n) is 18.5. The van der Waals surface area contributed by atoms with E-state index in [1.54, 1.807) is 6.92 Å². The van der Waals surface area contributed by atoms with Crippen LogP contribution in [-0.2, 0) is 20.8 Å². The number of hydrogen-bond acceptors (Lipinski definition) is 3. The number of carboxylic acid groups (broad SMARTS) is 2. The number of carbonyl (C=O) groups excluding carboxylic acids is 1. The Morgan fingerprint density at radius 2 is 1.39 bits per heavy atom. The van der Waals surface area contributed by atoms with Crippen molar-refractivity contribution in [2.45, 2.75) is 46.5 Å². The van der Waals surface area contributed by atoms with Crippen molar-refractivity contribution < 1.29 is 24.6 Å². The van der Waals surface area contributed by atoms with E-state index in [4.69, 9.17) is 10.2 Å². The third-order valence-electron chi connectivity index (χ3n) is 5.92. The van der Waals surface area contributed by atoms with E-state index in [0.717, 1.165) is 23.1 Å². The average molecular weight is 425 g/mol. The van der Waals surface area contributed by atoms with Crippen molar-refractivity contribution in [2.75, 3.05) is 0 Å². The maximum atomic E-state index is 12.9. The summed E-state index contributed by atoms with van der Waals surface area (Å²) in [5, 5.41) is 18.3.